The summed E-state index contributed by atoms with van der Waals surface area (Å²) < 4.78 is 0. The molecule has 0 aliphatic carbocycles. The maximum Gasteiger partial charge on any atom is 0.224 e. The largest absolute Gasteiger partial charge is 0.339 e. The van der Waals surface area contributed by atoms with Crippen molar-refractivity contribution in [2.24, 2.45) is 5.92 Å². The van der Waals surface area contributed by atoms with Crippen molar-refractivity contribution < 1.29 is 4.79 Å². The van der Waals surface area contributed by atoms with Gasteiger partial charge in [0.1, 0.15) is 0 Å². The van der Waals surface area contributed by atoms with E-state index in [2.05, 4.69) is 51.8 Å². The van der Waals surface area contributed by atoms with Crippen LogP contribution in [0.4, 0.5) is 0 Å². The van der Waals surface area contributed by atoms with Gasteiger partial charge in [-0.2, -0.15) is 0 Å². The summed E-state index contributed by atoms with van der Waals surface area (Å²) in [5.74, 6) is 0.832. The van der Waals surface area contributed by atoms with Crippen molar-refractivity contribution in [3.63, 3.8) is 0 Å². The average Bonchev–Trinajstić information content (AvgIpc) is 2.28. The maximum absolute atomic E-state index is 12.3. The first-order valence-corrected chi connectivity index (χ1v) is 7.45. The number of carbonyl (C=O) groups excluding carboxylic acids is 1. The second-order valence-corrected chi connectivity index (χ2v) is 5.77. The molecule has 0 unspecified atom stereocenters. The lowest BCUT2D eigenvalue weighted by Gasteiger charge is -2.32. The Labute approximate surface area is 113 Å². The number of nitrogens with one attached hydrogen (secondary N) is 1. The zero-order valence-electron chi connectivity index (χ0n) is 13.1. The summed E-state index contributed by atoms with van der Waals surface area (Å²) in [6, 6.07) is 0.850. The van der Waals surface area contributed by atoms with Crippen LogP contribution in [0.2, 0.25) is 0 Å². The normalized spacial score (nSPS) is 11.6. The lowest BCUT2D eigenvalue weighted by molar-refractivity contribution is -0.134. The quantitative estimate of drug-likeness (QED) is 0.687. The summed E-state index contributed by atoms with van der Waals surface area (Å²) in [6.45, 7) is 14.6. The van der Waals surface area contributed by atoms with Crippen LogP contribution in [-0.2, 0) is 4.79 Å². The first-order chi connectivity index (χ1) is 8.42. The number of rotatable bonds is 9. The number of nitrogens with zero attached hydrogens (tertiary/aromatic N) is 1. The van der Waals surface area contributed by atoms with Crippen molar-refractivity contribution in [1.82, 2.24) is 10.2 Å². The number of carbonyl (C=O) groups is 1. The van der Waals surface area contributed by atoms with Gasteiger partial charge in [0.2, 0.25) is 5.91 Å². The van der Waals surface area contributed by atoms with Crippen LogP contribution in [0.25, 0.3) is 0 Å². The minimum atomic E-state index is 0.297. The van der Waals surface area contributed by atoms with E-state index in [1.165, 1.54) is 0 Å². The van der Waals surface area contributed by atoms with E-state index in [9.17, 15) is 4.79 Å². The smallest absolute Gasteiger partial charge is 0.224 e. The molecular weight excluding hydrogens is 224 g/mol. The summed E-state index contributed by atoms with van der Waals surface area (Å²) in [6.07, 6.45) is 2.71. The lowest BCUT2D eigenvalue weighted by atomic mass is 10.1. The zero-order valence-corrected chi connectivity index (χ0v) is 13.1. The van der Waals surface area contributed by atoms with E-state index in [0.717, 1.165) is 25.9 Å². The fourth-order valence-corrected chi connectivity index (χ4v) is 2.19. The first-order valence-electron chi connectivity index (χ1n) is 7.45. The molecule has 0 aromatic rings. The predicted octanol–water partition coefficient (Wildman–Crippen LogP) is 3.05. The Hall–Kier alpha value is -0.570. The fourth-order valence-electron chi connectivity index (χ4n) is 2.19. The van der Waals surface area contributed by atoms with Gasteiger partial charge in [0.15, 0.2) is 0 Å². The minimum absolute atomic E-state index is 0.297. The number of hydrogen-bond acceptors (Lipinski definition) is 2. The summed E-state index contributed by atoms with van der Waals surface area (Å²) in [5, 5.41) is 3.31. The highest BCUT2D eigenvalue weighted by molar-refractivity contribution is 5.76. The second kappa shape index (κ2) is 9.37. The second-order valence-electron chi connectivity index (χ2n) is 5.77. The molecule has 3 heteroatoms. The Morgan fingerprint density at radius 2 is 1.67 bits per heavy atom. The summed E-state index contributed by atoms with van der Waals surface area (Å²) in [5.41, 5.74) is 0. The van der Waals surface area contributed by atoms with Crippen LogP contribution in [0, 0.1) is 5.92 Å². The third-order valence-electron chi connectivity index (χ3n) is 3.16. The Balaban J connectivity index is 4.39. The summed E-state index contributed by atoms with van der Waals surface area (Å²) in [4.78, 5) is 14.4. The van der Waals surface area contributed by atoms with E-state index < -0.39 is 0 Å². The van der Waals surface area contributed by atoms with Crippen LogP contribution in [0.3, 0.4) is 0 Å². The molecule has 0 atom stereocenters. The molecule has 0 bridgehead atoms. The molecule has 0 radical (unpaired) electrons. The van der Waals surface area contributed by atoms with Crippen LogP contribution < -0.4 is 5.32 Å². The lowest BCUT2D eigenvalue weighted by Crippen LogP contribution is -2.43. The highest BCUT2D eigenvalue weighted by Crippen LogP contribution is 2.13. The van der Waals surface area contributed by atoms with Crippen molar-refractivity contribution in [2.75, 3.05) is 13.1 Å². The van der Waals surface area contributed by atoms with E-state index in [1.807, 2.05) is 0 Å². The van der Waals surface area contributed by atoms with Gasteiger partial charge in [-0.1, -0.05) is 41.5 Å². The Morgan fingerprint density at radius 1 is 1.11 bits per heavy atom. The molecule has 0 saturated heterocycles. The van der Waals surface area contributed by atoms with Gasteiger partial charge in [-0.15, -0.1) is 0 Å². The molecule has 1 amide bonds. The highest BCUT2D eigenvalue weighted by atomic mass is 16.2. The SMILES string of the molecule is CCC(CC)N(CC(C)C)C(=O)CCNC(C)C. The van der Waals surface area contributed by atoms with Gasteiger partial charge < -0.3 is 10.2 Å². The topological polar surface area (TPSA) is 32.3 Å². The first kappa shape index (κ1) is 17.4. The fraction of sp³-hybridized carbons (Fsp3) is 0.933. The van der Waals surface area contributed by atoms with Crippen molar-refractivity contribution in [3.05, 3.63) is 0 Å². The van der Waals surface area contributed by atoms with Crippen molar-refractivity contribution in [3.8, 4) is 0 Å². The minimum Gasteiger partial charge on any atom is -0.339 e. The molecule has 0 heterocycles. The molecule has 3 nitrogen and oxygen atoms in total. The Morgan fingerprint density at radius 3 is 2.06 bits per heavy atom. The van der Waals surface area contributed by atoms with Crippen LogP contribution in [0.1, 0.15) is 60.8 Å². The predicted molar refractivity (Wildman–Crippen MR) is 78.7 cm³/mol. The van der Waals surface area contributed by atoms with Crippen LogP contribution >= 0.6 is 0 Å². The molecule has 0 aliphatic heterocycles. The highest BCUT2D eigenvalue weighted by Gasteiger charge is 2.21. The van der Waals surface area contributed by atoms with Crippen LogP contribution in [-0.4, -0.2) is 36.0 Å². The molecule has 0 rings (SSSR count). The van der Waals surface area contributed by atoms with E-state index in [1.54, 1.807) is 0 Å². The molecule has 0 saturated carbocycles. The molecule has 0 aliphatic rings. The molecular formula is C15H32N2O. The van der Waals surface area contributed by atoms with Gasteiger partial charge in [-0.05, 0) is 18.8 Å². The Kier molecular flexibility index (Phi) is 9.08. The van der Waals surface area contributed by atoms with Gasteiger partial charge in [0.25, 0.3) is 0 Å². The average molecular weight is 256 g/mol. The zero-order chi connectivity index (χ0) is 14.1. The van der Waals surface area contributed by atoms with Gasteiger partial charge in [0, 0.05) is 31.6 Å². The standard InChI is InChI=1S/C15H32N2O/c1-7-14(8-2)17(11-12(3)4)15(18)9-10-16-13(5)6/h12-14,16H,7-11H2,1-6H3. The summed E-state index contributed by atoms with van der Waals surface area (Å²) in [7, 11) is 0. The van der Waals surface area contributed by atoms with Crippen molar-refractivity contribution >= 4 is 5.91 Å². The van der Waals surface area contributed by atoms with E-state index >= 15 is 0 Å². The summed E-state index contributed by atoms with van der Waals surface area (Å²) >= 11 is 0. The molecule has 0 aromatic heterocycles. The van der Waals surface area contributed by atoms with Crippen LogP contribution in [0.5, 0.6) is 0 Å². The third-order valence-corrected chi connectivity index (χ3v) is 3.16. The van der Waals surface area contributed by atoms with Crippen molar-refractivity contribution in [2.45, 2.75) is 72.9 Å². The number of amides is 1. The van der Waals surface area contributed by atoms with Gasteiger partial charge in [0.05, 0.1) is 0 Å². The molecule has 108 valence electrons. The maximum atomic E-state index is 12.3. The molecule has 1 N–H and O–H groups in total. The van der Waals surface area contributed by atoms with E-state index in [0.29, 0.717) is 30.3 Å². The molecule has 18 heavy (non-hydrogen) atoms. The molecule has 0 aromatic carbocycles. The Bertz CT molecular complexity index is 223. The van der Waals surface area contributed by atoms with Crippen LogP contribution in [0.15, 0.2) is 0 Å². The van der Waals surface area contributed by atoms with Gasteiger partial charge in [-0.3, -0.25) is 4.79 Å². The number of hydrogen-bond donors (Lipinski definition) is 1. The molecule has 0 spiro atoms. The van der Waals surface area contributed by atoms with E-state index in [4.69, 9.17) is 0 Å². The van der Waals surface area contributed by atoms with Gasteiger partial charge >= 0.3 is 0 Å². The van der Waals surface area contributed by atoms with Gasteiger partial charge in [-0.25, -0.2) is 0 Å². The van der Waals surface area contributed by atoms with E-state index in [-0.39, 0.29) is 0 Å². The van der Waals surface area contributed by atoms with Crippen molar-refractivity contribution in [1.29, 1.82) is 0 Å². The monoisotopic (exact) mass is 256 g/mol. The third kappa shape index (κ3) is 7.00. The molecule has 0 fully saturated rings.